The minimum Gasteiger partial charge on any atom is -0.508 e. The van der Waals surface area contributed by atoms with E-state index in [1.165, 1.54) is 18.2 Å². The van der Waals surface area contributed by atoms with Gasteiger partial charge in [-0.2, -0.15) is 0 Å². The smallest absolute Gasteiger partial charge is 0.183 e. The van der Waals surface area contributed by atoms with Crippen LogP contribution in [0, 0.1) is 0 Å². The fourth-order valence-corrected chi connectivity index (χ4v) is 4.29. The molecule has 88 valence electrons. The van der Waals surface area contributed by atoms with Crippen molar-refractivity contribution < 1.29 is 13.5 Å². The van der Waals surface area contributed by atoms with Crippen molar-refractivity contribution in [1.29, 1.82) is 0 Å². The number of fused-ring (bicyclic) bond motifs is 1. The third-order valence-electron chi connectivity index (χ3n) is 3.18. The summed E-state index contributed by atoms with van der Waals surface area (Å²) in [5, 5.41) is 11.9. The topological polar surface area (TPSA) is 66.4 Å². The van der Waals surface area contributed by atoms with Crippen molar-refractivity contribution in [2.75, 3.05) is 7.05 Å². The van der Waals surface area contributed by atoms with Crippen molar-refractivity contribution in [2.45, 2.75) is 29.5 Å². The maximum absolute atomic E-state index is 12.2. The highest BCUT2D eigenvalue weighted by Crippen LogP contribution is 2.34. The molecule has 2 rings (SSSR count). The standard InChI is InChI=1S/C11H15NO3S/c1-7(12-2)11-6-8-5-9(13)3-4-10(8)16(11,14)15/h3-5,7,11-13H,6H2,1-2H3. The van der Waals surface area contributed by atoms with Gasteiger partial charge < -0.3 is 10.4 Å². The number of hydrogen-bond donors (Lipinski definition) is 2. The Morgan fingerprint density at radius 1 is 1.50 bits per heavy atom. The van der Waals surface area contributed by atoms with E-state index in [2.05, 4.69) is 5.32 Å². The molecule has 1 aliphatic heterocycles. The largest absolute Gasteiger partial charge is 0.508 e. The molecule has 4 nitrogen and oxygen atoms in total. The van der Waals surface area contributed by atoms with Crippen molar-refractivity contribution in [3.63, 3.8) is 0 Å². The molecule has 0 saturated heterocycles. The van der Waals surface area contributed by atoms with Crippen LogP contribution < -0.4 is 5.32 Å². The van der Waals surface area contributed by atoms with Gasteiger partial charge in [-0.3, -0.25) is 0 Å². The van der Waals surface area contributed by atoms with Crippen molar-refractivity contribution >= 4 is 9.84 Å². The number of aromatic hydroxyl groups is 1. The molecular formula is C11H15NO3S. The lowest BCUT2D eigenvalue weighted by molar-refractivity contribution is 0.473. The van der Waals surface area contributed by atoms with Crippen molar-refractivity contribution in [3.05, 3.63) is 23.8 Å². The van der Waals surface area contributed by atoms with Gasteiger partial charge in [0.25, 0.3) is 0 Å². The highest BCUT2D eigenvalue weighted by atomic mass is 32.2. The number of phenolic OH excluding ortho intramolecular Hbond substituents is 1. The summed E-state index contributed by atoms with van der Waals surface area (Å²) >= 11 is 0. The zero-order chi connectivity index (χ0) is 11.9. The first kappa shape index (κ1) is 11.4. The van der Waals surface area contributed by atoms with Gasteiger partial charge in [0.05, 0.1) is 10.1 Å². The predicted octanol–water partition coefficient (Wildman–Crippen LogP) is 0.698. The first-order valence-corrected chi connectivity index (χ1v) is 6.74. The Labute approximate surface area is 95.2 Å². The molecule has 0 aliphatic carbocycles. The Balaban J connectivity index is 2.50. The molecule has 0 fully saturated rings. The van der Waals surface area contributed by atoms with Gasteiger partial charge in [-0.25, -0.2) is 8.42 Å². The van der Waals surface area contributed by atoms with Crippen LogP contribution in [0.1, 0.15) is 12.5 Å². The van der Waals surface area contributed by atoms with Crippen LogP contribution in [0.25, 0.3) is 0 Å². The molecule has 0 saturated carbocycles. The molecule has 0 spiro atoms. The summed E-state index contributed by atoms with van der Waals surface area (Å²) in [5.41, 5.74) is 0.715. The van der Waals surface area contributed by atoms with Crippen molar-refractivity contribution in [1.82, 2.24) is 5.32 Å². The summed E-state index contributed by atoms with van der Waals surface area (Å²) in [5.74, 6) is 0.117. The molecule has 5 heteroatoms. The van der Waals surface area contributed by atoms with E-state index in [0.29, 0.717) is 16.9 Å². The molecule has 0 radical (unpaired) electrons. The summed E-state index contributed by atoms with van der Waals surface area (Å²) in [4.78, 5) is 0.359. The Hall–Kier alpha value is -1.07. The Morgan fingerprint density at radius 3 is 2.81 bits per heavy atom. The number of benzene rings is 1. The van der Waals surface area contributed by atoms with Crippen LogP contribution in [0.3, 0.4) is 0 Å². The van der Waals surface area contributed by atoms with Gasteiger partial charge in [0, 0.05) is 6.04 Å². The van der Waals surface area contributed by atoms with E-state index in [-0.39, 0.29) is 11.8 Å². The second-order valence-electron chi connectivity index (χ2n) is 4.16. The number of sulfone groups is 1. The molecule has 1 aliphatic rings. The molecule has 2 atom stereocenters. The maximum atomic E-state index is 12.2. The van der Waals surface area contributed by atoms with E-state index in [9.17, 15) is 13.5 Å². The summed E-state index contributed by atoms with van der Waals surface area (Å²) in [6, 6.07) is 4.35. The molecule has 1 aromatic rings. The van der Waals surface area contributed by atoms with Crippen molar-refractivity contribution in [2.24, 2.45) is 0 Å². The van der Waals surface area contributed by atoms with Gasteiger partial charge in [0.2, 0.25) is 0 Å². The van der Waals surface area contributed by atoms with E-state index < -0.39 is 15.1 Å². The van der Waals surface area contributed by atoms with Gasteiger partial charge in [0.15, 0.2) is 9.84 Å². The summed E-state index contributed by atoms with van der Waals surface area (Å²) in [6.07, 6.45) is 0.466. The summed E-state index contributed by atoms with van der Waals surface area (Å²) in [7, 11) is -1.50. The molecule has 0 aromatic heterocycles. The second-order valence-corrected chi connectivity index (χ2v) is 6.29. The minimum atomic E-state index is -3.25. The summed E-state index contributed by atoms with van der Waals surface area (Å²) in [6.45, 7) is 1.86. The van der Waals surface area contributed by atoms with Gasteiger partial charge in [-0.1, -0.05) is 0 Å². The van der Waals surface area contributed by atoms with E-state index in [1.54, 1.807) is 7.05 Å². The Kier molecular flexibility index (Phi) is 2.67. The van der Waals surface area contributed by atoms with Crippen LogP contribution in [0.15, 0.2) is 23.1 Å². The minimum absolute atomic E-state index is 0.0976. The number of rotatable bonds is 2. The monoisotopic (exact) mass is 241 g/mol. The van der Waals surface area contributed by atoms with Crippen LogP contribution in [-0.2, 0) is 16.3 Å². The van der Waals surface area contributed by atoms with Gasteiger partial charge in [0.1, 0.15) is 5.75 Å². The fraction of sp³-hybridized carbons (Fsp3) is 0.455. The van der Waals surface area contributed by atoms with E-state index >= 15 is 0 Å². The Morgan fingerprint density at radius 2 is 2.19 bits per heavy atom. The molecule has 2 N–H and O–H groups in total. The molecule has 1 aromatic carbocycles. The summed E-state index contributed by atoms with van der Waals surface area (Å²) < 4.78 is 24.3. The first-order chi connectivity index (χ1) is 7.46. The second kappa shape index (κ2) is 3.75. The van der Waals surface area contributed by atoms with Crippen LogP contribution in [0.4, 0.5) is 0 Å². The Bertz CT molecular complexity index is 510. The molecular weight excluding hydrogens is 226 g/mol. The third-order valence-corrected chi connectivity index (χ3v) is 5.57. The number of hydrogen-bond acceptors (Lipinski definition) is 4. The lowest BCUT2D eigenvalue weighted by atomic mass is 10.1. The lowest BCUT2D eigenvalue weighted by Crippen LogP contribution is -2.38. The van der Waals surface area contributed by atoms with E-state index in [1.807, 2.05) is 6.92 Å². The average Bonchev–Trinajstić information content (AvgIpc) is 2.49. The molecule has 2 unspecified atom stereocenters. The van der Waals surface area contributed by atoms with E-state index in [4.69, 9.17) is 0 Å². The number of phenols is 1. The SMILES string of the molecule is CNC(C)C1Cc2cc(O)ccc2S1(=O)=O. The van der Waals surface area contributed by atoms with Crippen LogP contribution in [0.2, 0.25) is 0 Å². The zero-order valence-electron chi connectivity index (χ0n) is 9.27. The predicted molar refractivity (Wildman–Crippen MR) is 61.3 cm³/mol. The van der Waals surface area contributed by atoms with Crippen LogP contribution >= 0.6 is 0 Å². The van der Waals surface area contributed by atoms with Crippen molar-refractivity contribution in [3.8, 4) is 5.75 Å². The first-order valence-electron chi connectivity index (χ1n) is 5.20. The fourth-order valence-electron chi connectivity index (χ4n) is 2.12. The number of nitrogens with one attached hydrogen (secondary N) is 1. The zero-order valence-corrected chi connectivity index (χ0v) is 10.1. The van der Waals surface area contributed by atoms with Gasteiger partial charge >= 0.3 is 0 Å². The molecule has 0 bridgehead atoms. The normalized spacial score (nSPS) is 24.0. The van der Waals surface area contributed by atoms with Crippen LogP contribution in [-0.4, -0.2) is 31.9 Å². The molecule has 0 amide bonds. The maximum Gasteiger partial charge on any atom is 0.183 e. The molecule has 1 heterocycles. The average molecular weight is 241 g/mol. The van der Waals surface area contributed by atoms with Crippen LogP contribution in [0.5, 0.6) is 5.75 Å². The van der Waals surface area contributed by atoms with Gasteiger partial charge in [-0.05, 0) is 44.2 Å². The quantitative estimate of drug-likeness (QED) is 0.800. The highest BCUT2D eigenvalue weighted by molar-refractivity contribution is 7.92. The molecule has 16 heavy (non-hydrogen) atoms. The lowest BCUT2D eigenvalue weighted by Gasteiger charge is -2.17. The van der Waals surface area contributed by atoms with Gasteiger partial charge in [-0.15, -0.1) is 0 Å². The highest BCUT2D eigenvalue weighted by Gasteiger charge is 2.39. The van der Waals surface area contributed by atoms with E-state index in [0.717, 1.165) is 0 Å². The third kappa shape index (κ3) is 1.60.